The van der Waals surface area contributed by atoms with E-state index in [1.807, 2.05) is 6.07 Å². The normalized spacial score (nSPS) is 33.2. The average Bonchev–Trinajstić information content (AvgIpc) is 2.51. The summed E-state index contributed by atoms with van der Waals surface area (Å²) in [5, 5.41) is 12.9. The van der Waals surface area contributed by atoms with Gasteiger partial charge in [0.15, 0.2) is 0 Å². The van der Waals surface area contributed by atoms with Gasteiger partial charge in [0.05, 0.1) is 11.8 Å². The van der Waals surface area contributed by atoms with Crippen LogP contribution in [-0.2, 0) is 0 Å². The molecule has 0 aromatic carbocycles. The number of hydrogen-bond donors (Lipinski definition) is 3. The summed E-state index contributed by atoms with van der Waals surface area (Å²) in [4.78, 5) is 8.64. The molecule has 5 rings (SSSR count). The summed E-state index contributed by atoms with van der Waals surface area (Å²) >= 11 is 0. The number of anilines is 2. The predicted molar refractivity (Wildman–Crippen MR) is 95.6 cm³/mol. The number of nitrogens with zero attached hydrogens (tertiary/aromatic N) is 2. The van der Waals surface area contributed by atoms with Crippen LogP contribution >= 0.6 is 0 Å². The van der Waals surface area contributed by atoms with E-state index in [-0.39, 0.29) is 6.10 Å². The molecule has 2 fully saturated rings. The van der Waals surface area contributed by atoms with Gasteiger partial charge in [-0.15, -0.1) is 0 Å². The summed E-state index contributed by atoms with van der Waals surface area (Å²) in [7, 11) is 0. The fourth-order valence-corrected chi connectivity index (χ4v) is 4.71. The lowest BCUT2D eigenvalue weighted by atomic mass is 9.48. The Morgan fingerprint density at radius 3 is 2.75 bits per heavy atom. The van der Waals surface area contributed by atoms with E-state index in [2.05, 4.69) is 35.2 Å². The smallest absolute Gasteiger partial charge is 0.222 e. The molecular weight excluding hydrogens is 300 g/mol. The van der Waals surface area contributed by atoms with Crippen molar-refractivity contribution in [2.45, 2.75) is 58.0 Å². The molecule has 0 aliphatic heterocycles. The van der Waals surface area contributed by atoms with Gasteiger partial charge in [-0.2, -0.15) is 4.98 Å². The van der Waals surface area contributed by atoms with E-state index >= 15 is 0 Å². The minimum Gasteiger partial charge on any atom is -0.393 e. The molecule has 1 aromatic heterocycles. The van der Waals surface area contributed by atoms with Crippen molar-refractivity contribution in [2.24, 2.45) is 17.3 Å². The average molecular weight is 328 g/mol. The van der Waals surface area contributed by atoms with Gasteiger partial charge in [-0.05, 0) is 49.4 Å². The van der Waals surface area contributed by atoms with Crippen LogP contribution in [0.1, 0.15) is 57.6 Å². The van der Waals surface area contributed by atoms with Gasteiger partial charge in [-0.25, -0.2) is 4.98 Å². The Kier molecular flexibility index (Phi) is 3.79. The molecule has 2 bridgehead atoms. The molecule has 24 heavy (non-hydrogen) atoms. The third-order valence-corrected chi connectivity index (χ3v) is 6.60. The Balaban J connectivity index is 1.36. The monoisotopic (exact) mass is 328 g/mol. The number of aliphatic hydroxyl groups excluding tert-OH is 1. The molecule has 4 aliphatic carbocycles. The quantitative estimate of drug-likeness (QED) is 0.723. The van der Waals surface area contributed by atoms with Crippen LogP contribution in [0.25, 0.3) is 0 Å². The minimum atomic E-state index is -0.185. The van der Waals surface area contributed by atoms with Crippen LogP contribution in [0, 0.1) is 17.3 Å². The van der Waals surface area contributed by atoms with Gasteiger partial charge in [-0.1, -0.05) is 25.5 Å². The molecular formula is C19H28N4O. The molecule has 2 atom stereocenters. The highest BCUT2D eigenvalue weighted by Crippen LogP contribution is 2.59. The summed E-state index contributed by atoms with van der Waals surface area (Å²) in [5.41, 5.74) is 8.91. The van der Waals surface area contributed by atoms with Crippen molar-refractivity contribution < 1.29 is 5.11 Å². The largest absolute Gasteiger partial charge is 0.393 e. The molecule has 4 aliphatic rings. The fraction of sp³-hybridized carbons (Fsp3) is 0.684. The second-order valence-corrected chi connectivity index (χ2v) is 8.36. The van der Waals surface area contributed by atoms with E-state index in [1.54, 1.807) is 5.57 Å². The molecule has 1 aromatic rings. The predicted octanol–water partition coefficient (Wildman–Crippen LogP) is 3.09. The van der Waals surface area contributed by atoms with E-state index in [0.29, 0.717) is 17.3 Å². The summed E-state index contributed by atoms with van der Waals surface area (Å²) in [5.74, 6) is 3.10. The van der Waals surface area contributed by atoms with Gasteiger partial charge in [0, 0.05) is 18.5 Å². The van der Waals surface area contributed by atoms with Gasteiger partial charge < -0.3 is 16.2 Å². The zero-order chi connectivity index (χ0) is 16.9. The molecule has 0 amide bonds. The van der Waals surface area contributed by atoms with Crippen LogP contribution in [0.2, 0.25) is 0 Å². The van der Waals surface area contributed by atoms with E-state index in [9.17, 15) is 5.11 Å². The lowest BCUT2D eigenvalue weighted by Crippen LogP contribution is -2.48. The van der Waals surface area contributed by atoms with E-state index in [0.717, 1.165) is 49.2 Å². The maximum Gasteiger partial charge on any atom is 0.222 e. The zero-order valence-corrected chi connectivity index (χ0v) is 14.6. The number of aromatic nitrogens is 2. The molecule has 0 radical (unpaired) electrons. The first-order valence-corrected chi connectivity index (χ1v) is 9.19. The molecule has 1 heterocycles. The van der Waals surface area contributed by atoms with Gasteiger partial charge in [0.1, 0.15) is 5.82 Å². The first kappa shape index (κ1) is 15.9. The number of aliphatic hydroxyl groups is 1. The first-order valence-electron chi connectivity index (χ1n) is 9.19. The van der Waals surface area contributed by atoms with Gasteiger partial charge >= 0.3 is 0 Å². The van der Waals surface area contributed by atoms with Crippen molar-refractivity contribution in [3.63, 3.8) is 0 Å². The lowest BCUT2D eigenvalue weighted by molar-refractivity contribution is -0.00789. The Morgan fingerprint density at radius 2 is 2.08 bits per heavy atom. The highest BCUT2D eigenvalue weighted by atomic mass is 16.3. The molecule has 130 valence electrons. The van der Waals surface area contributed by atoms with E-state index in [1.165, 1.54) is 12.8 Å². The second kappa shape index (κ2) is 5.73. The molecule has 2 saturated carbocycles. The van der Waals surface area contributed by atoms with Crippen LogP contribution in [-0.4, -0.2) is 27.7 Å². The van der Waals surface area contributed by atoms with Crippen LogP contribution in [0.15, 0.2) is 17.7 Å². The zero-order valence-electron chi connectivity index (χ0n) is 14.6. The Labute approximate surface area is 143 Å². The van der Waals surface area contributed by atoms with Crippen molar-refractivity contribution in [3.8, 4) is 0 Å². The maximum absolute atomic E-state index is 9.48. The van der Waals surface area contributed by atoms with E-state index in [4.69, 9.17) is 5.73 Å². The summed E-state index contributed by atoms with van der Waals surface area (Å²) in [6.07, 6.45) is 7.52. The molecule has 5 nitrogen and oxygen atoms in total. The number of fused-ring (bicyclic) bond motifs is 1. The topological polar surface area (TPSA) is 84.1 Å². The Hall–Kier alpha value is -1.62. The van der Waals surface area contributed by atoms with Crippen LogP contribution < -0.4 is 11.1 Å². The molecule has 0 unspecified atom stereocenters. The van der Waals surface area contributed by atoms with Gasteiger partial charge in [-0.3, -0.25) is 0 Å². The molecule has 4 N–H and O–H groups in total. The summed E-state index contributed by atoms with van der Waals surface area (Å²) < 4.78 is 0. The van der Waals surface area contributed by atoms with Crippen LogP contribution in [0.3, 0.4) is 0 Å². The number of rotatable bonds is 5. The van der Waals surface area contributed by atoms with Crippen LogP contribution in [0.4, 0.5) is 11.8 Å². The van der Waals surface area contributed by atoms with Crippen molar-refractivity contribution in [1.82, 2.24) is 9.97 Å². The Bertz CT molecular complexity index is 663. The first-order chi connectivity index (χ1) is 11.4. The minimum absolute atomic E-state index is 0.185. The third kappa shape index (κ3) is 2.69. The highest BCUT2D eigenvalue weighted by molar-refractivity contribution is 5.42. The van der Waals surface area contributed by atoms with Crippen molar-refractivity contribution >= 4 is 11.8 Å². The number of nitrogens with one attached hydrogen (secondary N) is 1. The Morgan fingerprint density at radius 1 is 1.29 bits per heavy atom. The summed E-state index contributed by atoms with van der Waals surface area (Å²) in [6, 6.07) is 1.99. The van der Waals surface area contributed by atoms with Crippen molar-refractivity contribution in [1.29, 1.82) is 0 Å². The number of hydrogen-bond acceptors (Lipinski definition) is 5. The lowest BCUT2D eigenvalue weighted by Gasteiger charge is -2.56. The third-order valence-electron chi connectivity index (χ3n) is 6.60. The van der Waals surface area contributed by atoms with Gasteiger partial charge in [0.25, 0.3) is 0 Å². The van der Waals surface area contributed by atoms with Crippen LogP contribution in [0.5, 0.6) is 0 Å². The van der Waals surface area contributed by atoms with Crippen molar-refractivity contribution in [3.05, 3.63) is 23.4 Å². The number of nitrogen functional groups attached to an aromatic ring is 1. The number of nitrogens with two attached hydrogens (primary N) is 1. The SMILES string of the molecule is CC1(C)[C@H]2CC=C(CCNc3cc(C4CC(O)C4)nc(N)n3)[C@@H]1C2. The second-order valence-electron chi connectivity index (χ2n) is 8.36. The van der Waals surface area contributed by atoms with E-state index < -0.39 is 0 Å². The fourth-order valence-electron chi connectivity index (χ4n) is 4.71. The maximum atomic E-state index is 9.48. The van der Waals surface area contributed by atoms with Gasteiger partial charge in [0.2, 0.25) is 5.95 Å². The number of allylic oxidation sites excluding steroid dienone is 1. The molecule has 0 saturated heterocycles. The molecule has 5 heteroatoms. The summed E-state index contributed by atoms with van der Waals surface area (Å²) in [6.45, 7) is 5.71. The van der Waals surface area contributed by atoms with Crippen molar-refractivity contribution in [2.75, 3.05) is 17.6 Å². The standard InChI is InChI=1S/C19H28N4O/c1-19(2)13-4-3-11(15(19)9-13)5-6-21-17-10-16(22-18(20)23-17)12-7-14(24)8-12/h3,10,12-15,24H,4-9H2,1-2H3,(H3,20,21,22,23)/t12?,13-,14?,15-/m0/s1. The highest BCUT2D eigenvalue weighted by Gasteiger charge is 2.50. The molecule has 0 spiro atoms.